The number of rotatable bonds is 3. The third-order valence-corrected chi connectivity index (χ3v) is 3.13. The van der Waals surface area contributed by atoms with Gasteiger partial charge in [0.05, 0.1) is 6.21 Å². The molecule has 1 aromatic carbocycles. The molecule has 7 heteroatoms. The van der Waals surface area contributed by atoms with Crippen molar-refractivity contribution < 1.29 is 9.59 Å². The second-order valence-corrected chi connectivity index (χ2v) is 4.80. The van der Waals surface area contributed by atoms with Crippen LogP contribution < -0.4 is 10.7 Å². The number of hydrogen-bond acceptors (Lipinski definition) is 4. The lowest BCUT2D eigenvalue weighted by Gasteiger charge is -2.05. The SMILES string of the molecule is Cc1ccc(NC(=O)C(=O)N/N=C/c2ccncc2)cc1Cl. The van der Waals surface area contributed by atoms with Gasteiger partial charge in [0.25, 0.3) is 0 Å². The Morgan fingerprint density at radius 1 is 1.18 bits per heavy atom. The van der Waals surface area contributed by atoms with E-state index in [0.29, 0.717) is 10.7 Å². The van der Waals surface area contributed by atoms with E-state index < -0.39 is 11.8 Å². The fourth-order valence-electron chi connectivity index (χ4n) is 1.52. The summed E-state index contributed by atoms with van der Waals surface area (Å²) in [5.41, 5.74) is 4.21. The van der Waals surface area contributed by atoms with Crippen molar-refractivity contribution in [3.63, 3.8) is 0 Å². The number of aryl methyl sites for hydroxylation is 1. The van der Waals surface area contributed by atoms with Crippen LogP contribution in [-0.2, 0) is 9.59 Å². The number of aromatic nitrogens is 1. The van der Waals surface area contributed by atoms with Crippen molar-refractivity contribution >= 4 is 35.3 Å². The van der Waals surface area contributed by atoms with Crippen molar-refractivity contribution in [1.29, 1.82) is 0 Å². The molecule has 0 saturated heterocycles. The maximum Gasteiger partial charge on any atom is 0.329 e. The van der Waals surface area contributed by atoms with E-state index in [9.17, 15) is 9.59 Å². The van der Waals surface area contributed by atoms with E-state index in [1.54, 1.807) is 42.7 Å². The van der Waals surface area contributed by atoms with Gasteiger partial charge in [-0.1, -0.05) is 17.7 Å². The van der Waals surface area contributed by atoms with Crippen LogP contribution in [-0.4, -0.2) is 23.0 Å². The van der Waals surface area contributed by atoms with Crippen LogP contribution in [0.1, 0.15) is 11.1 Å². The average molecular weight is 317 g/mol. The number of anilines is 1. The molecule has 0 aliphatic heterocycles. The third kappa shape index (κ3) is 4.39. The van der Waals surface area contributed by atoms with Crippen LogP contribution in [0.15, 0.2) is 47.8 Å². The Bertz CT molecular complexity index is 717. The average Bonchev–Trinajstić information content (AvgIpc) is 2.52. The maximum atomic E-state index is 11.7. The van der Waals surface area contributed by atoms with Crippen LogP contribution in [0.3, 0.4) is 0 Å². The van der Waals surface area contributed by atoms with Crippen molar-refractivity contribution in [3.05, 3.63) is 58.9 Å². The van der Waals surface area contributed by atoms with Gasteiger partial charge in [-0.2, -0.15) is 5.10 Å². The van der Waals surface area contributed by atoms with Crippen molar-refractivity contribution in [2.75, 3.05) is 5.32 Å². The van der Waals surface area contributed by atoms with Crippen LogP contribution in [0.25, 0.3) is 0 Å². The topological polar surface area (TPSA) is 83.5 Å². The number of hydrogen-bond donors (Lipinski definition) is 2. The highest BCUT2D eigenvalue weighted by molar-refractivity contribution is 6.39. The first-order valence-corrected chi connectivity index (χ1v) is 6.74. The first-order valence-electron chi connectivity index (χ1n) is 6.37. The Balaban J connectivity index is 1.90. The number of pyridine rings is 1. The summed E-state index contributed by atoms with van der Waals surface area (Å²) in [5.74, 6) is -1.70. The lowest BCUT2D eigenvalue weighted by atomic mass is 10.2. The van der Waals surface area contributed by atoms with Crippen LogP contribution >= 0.6 is 11.6 Å². The molecule has 0 spiro atoms. The van der Waals surface area contributed by atoms with Gasteiger partial charge in [0.15, 0.2) is 0 Å². The summed E-state index contributed by atoms with van der Waals surface area (Å²) in [6, 6.07) is 8.40. The molecule has 0 radical (unpaired) electrons. The van der Waals surface area contributed by atoms with Crippen molar-refractivity contribution in [2.24, 2.45) is 5.10 Å². The minimum absolute atomic E-state index is 0.439. The zero-order valence-electron chi connectivity index (χ0n) is 11.7. The molecule has 22 heavy (non-hydrogen) atoms. The van der Waals surface area contributed by atoms with E-state index in [2.05, 4.69) is 20.8 Å². The molecule has 1 aromatic heterocycles. The lowest BCUT2D eigenvalue weighted by Crippen LogP contribution is -2.32. The second kappa shape index (κ2) is 7.33. The van der Waals surface area contributed by atoms with Crippen LogP contribution in [0, 0.1) is 6.92 Å². The van der Waals surface area contributed by atoms with Gasteiger partial charge < -0.3 is 5.32 Å². The molecular weight excluding hydrogens is 304 g/mol. The van der Waals surface area contributed by atoms with Gasteiger partial charge >= 0.3 is 11.8 Å². The zero-order chi connectivity index (χ0) is 15.9. The summed E-state index contributed by atoms with van der Waals surface area (Å²) >= 11 is 5.95. The predicted molar refractivity (Wildman–Crippen MR) is 84.8 cm³/mol. The molecule has 2 N–H and O–H groups in total. The van der Waals surface area contributed by atoms with Gasteiger partial charge in [0.2, 0.25) is 0 Å². The molecule has 0 aliphatic rings. The number of halogens is 1. The number of carbonyl (C=O) groups is 2. The lowest BCUT2D eigenvalue weighted by molar-refractivity contribution is -0.136. The minimum Gasteiger partial charge on any atom is -0.318 e. The summed E-state index contributed by atoms with van der Waals surface area (Å²) < 4.78 is 0. The van der Waals surface area contributed by atoms with Crippen molar-refractivity contribution in [1.82, 2.24) is 10.4 Å². The van der Waals surface area contributed by atoms with E-state index >= 15 is 0 Å². The second-order valence-electron chi connectivity index (χ2n) is 4.40. The first-order chi connectivity index (χ1) is 10.6. The summed E-state index contributed by atoms with van der Waals surface area (Å²) in [6.45, 7) is 1.84. The number of hydrazone groups is 1. The fraction of sp³-hybridized carbons (Fsp3) is 0.0667. The van der Waals surface area contributed by atoms with E-state index in [4.69, 9.17) is 11.6 Å². The molecular formula is C15H13ClN4O2. The number of nitrogens with zero attached hydrogens (tertiary/aromatic N) is 2. The number of nitrogens with one attached hydrogen (secondary N) is 2. The highest BCUT2D eigenvalue weighted by Gasteiger charge is 2.13. The molecule has 2 amide bonds. The zero-order valence-corrected chi connectivity index (χ0v) is 12.5. The summed E-state index contributed by atoms with van der Waals surface area (Å²) in [6.07, 6.45) is 4.60. The first kappa shape index (κ1) is 15.7. The Morgan fingerprint density at radius 2 is 1.91 bits per heavy atom. The standard InChI is InChI=1S/C15H13ClN4O2/c1-10-2-3-12(8-13(10)16)19-14(21)15(22)20-18-9-11-4-6-17-7-5-11/h2-9H,1H3,(H,19,21)(H,20,22)/b18-9+. The molecule has 1 heterocycles. The smallest absolute Gasteiger partial charge is 0.318 e. The highest BCUT2D eigenvalue weighted by atomic mass is 35.5. The monoisotopic (exact) mass is 316 g/mol. The van der Waals surface area contributed by atoms with Crippen LogP contribution in [0.2, 0.25) is 5.02 Å². The summed E-state index contributed by atoms with van der Waals surface area (Å²) in [7, 11) is 0. The van der Waals surface area contributed by atoms with E-state index in [1.165, 1.54) is 6.21 Å². The number of amides is 2. The molecule has 0 saturated carbocycles. The van der Waals surface area contributed by atoms with Crippen molar-refractivity contribution in [2.45, 2.75) is 6.92 Å². The molecule has 112 valence electrons. The molecule has 6 nitrogen and oxygen atoms in total. The van der Waals surface area contributed by atoms with Crippen LogP contribution in [0.4, 0.5) is 5.69 Å². The fourth-order valence-corrected chi connectivity index (χ4v) is 1.70. The Kier molecular flexibility index (Phi) is 5.21. The normalized spacial score (nSPS) is 10.5. The molecule has 0 bridgehead atoms. The Morgan fingerprint density at radius 3 is 2.59 bits per heavy atom. The van der Waals surface area contributed by atoms with Crippen molar-refractivity contribution in [3.8, 4) is 0 Å². The van der Waals surface area contributed by atoms with Gasteiger partial charge in [-0.15, -0.1) is 0 Å². The molecule has 0 aliphatic carbocycles. The minimum atomic E-state index is -0.873. The highest BCUT2D eigenvalue weighted by Crippen LogP contribution is 2.19. The Labute approximate surface area is 132 Å². The number of carbonyl (C=O) groups excluding carboxylic acids is 2. The molecule has 0 unspecified atom stereocenters. The van der Waals surface area contributed by atoms with E-state index in [1.807, 2.05) is 6.92 Å². The quantitative estimate of drug-likeness (QED) is 0.517. The molecule has 0 fully saturated rings. The molecule has 2 rings (SSSR count). The maximum absolute atomic E-state index is 11.7. The van der Waals surface area contributed by atoms with Crippen LogP contribution in [0.5, 0.6) is 0 Å². The Hall–Kier alpha value is -2.73. The van der Waals surface area contributed by atoms with Gasteiger partial charge in [0, 0.05) is 23.1 Å². The van der Waals surface area contributed by atoms with Gasteiger partial charge in [-0.25, -0.2) is 5.43 Å². The van der Waals surface area contributed by atoms with Gasteiger partial charge in [0.1, 0.15) is 0 Å². The van der Waals surface area contributed by atoms with Gasteiger partial charge in [-0.05, 0) is 42.3 Å². The summed E-state index contributed by atoms with van der Waals surface area (Å²) in [5, 5.41) is 6.64. The predicted octanol–water partition coefficient (Wildman–Crippen LogP) is 2.13. The largest absolute Gasteiger partial charge is 0.329 e. The van der Waals surface area contributed by atoms with E-state index in [0.717, 1.165) is 11.1 Å². The van der Waals surface area contributed by atoms with Gasteiger partial charge in [-0.3, -0.25) is 14.6 Å². The number of benzene rings is 1. The summed E-state index contributed by atoms with van der Waals surface area (Å²) in [4.78, 5) is 27.2. The third-order valence-electron chi connectivity index (χ3n) is 2.72. The molecule has 2 aromatic rings. The van der Waals surface area contributed by atoms with E-state index in [-0.39, 0.29) is 0 Å². The molecule has 0 atom stereocenters.